The molecule has 12 heteroatoms. The number of alkyl halides is 5. The molecule has 3 atom stereocenters. The molecule has 1 aromatic carbocycles. The second-order valence-electron chi connectivity index (χ2n) is 11.1. The summed E-state index contributed by atoms with van der Waals surface area (Å²) in [5.74, 6) is -2.08. The van der Waals surface area contributed by atoms with Crippen molar-refractivity contribution >= 4 is 11.6 Å². The van der Waals surface area contributed by atoms with Crippen molar-refractivity contribution in [3.63, 3.8) is 0 Å². The predicted octanol–water partition coefficient (Wildman–Crippen LogP) is 4.98. The Bertz CT molecular complexity index is 1320. The highest BCUT2D eigenvalue weighted by atomic mass is 19.4. The summed E-state index contributed by atoms with van der Waals surface area (Å²) in [6.07, 6.45) is -5.91. The highest BCUT2D eigenvalue weighted by molar-refractivity contribution is 5.98. The Balaban J connectivity index is 1.70. The van der Waals surface area contributed by atoms with Gasteiger partial charge in [-0.3, -0.25) is 14.2 Å². The fourth-order valence-electron chi connectivity index (χ4n) is 6.76. The van der Waals surface area contributed by atoms with Crippen LogP contribution in [0.3, 0.4) is 0 Å². The third-order valence-electron chi connectivity index (χ3n) is 8.74. The van der Waals surface area contributed by atoms with E-state index >= 15 is 4.39 Å². The number of hydrogen-bond donors (Lipinski definition) is 1. The quantitative estimate of drug-likeness (QED) is 0.489. The molecular formula is C27H30F6N4O2. The van der Waals surface area contributed by atoms with Gasteiger partial charge in [-0.2, -0.15) is 13.2 Å². The van der Waals surface area contributed by atoms with Gasteiger partial charge < -0.3 is 15.5 Å². The largest absolute Gasteiger partial charge is 0.412 e. The summed E-state index contributed by atoms with van der Waals surface area (Å²) in [6.45, 7) is 2.92. The molecule has 3 fully saturated rings. The molecule has 6 nitrogen and oxygen atoms in total. The molecule has 2 aromatic rings. The van der Waals surface area contributed by atoms with E-state index in [1.807, 2.05) is 7.05 Å². The molecule has 2 saturated carbocycles. The summed E-state index contributed by atoms with van der Waals surface area (Å²) < 4.78 is 84.7. The lowest BCUT2D eigenvalue weighted by Gasteiger charge is -2.47. The summed E-state index contributed by atoms with van der Waals surface area (Å²) in [7, 11) is 1.96. The van der Waals surface area contributed by atoms with Crippen LogP contribution in [0.2, 0.25) is 0 Å². The van der Waals surface area contributed by atoms with Gasteiger partial charge in [0.25, 0.3) is 17.9 Å². The molecule has 1 amide bonds. The van der Waals surface area contributed by atoms with Crippen LogP contribution in [0.1, 0.15) is 66.6 Å². The van der Waals surface area contributed by atoms with E-state index in [1.54, 1.807) is 11.8 Å². The molecule has 1 saturated heterocycles. The van der Waals surface area contributed by atoms with Crippen molar-refractivity contribution < 1.29 is 31.1 Å². The Labute approximate surface area is 221 Å². The second-order valence-corrected chi connectivity index (χ2v) is 11.1. The van der Waals surface area contributed by atoms with Crippen molar-refractivity contribution in [2.75, 3.05) is 25.0 Å². The van der Waals surface area contributed by atoms with Crippen molar-refractivity contribution in [1.82, 2.24) is 9.47 Å². The first-order valence-corrected chi connectivity index (χ1v) is 12.9. The molecule has 2 aliphatic carbocycles. The summed E-state index contributed by atoms with van der Waals surface area (Å²) in [6, 6.07) is 3.37. The number of pyridine rings is 1. The molecule has 2 heterocycles. The summed E-state index contributed by atoms with van der Waals surface area (Å²) in [5.41, 5.74) is 1.13. The Morgan fingerprint density at radius 1 is 1.13 bits per heavy atom. The van der Waals surface area contributed by atoms with Crippen molar-refractivity contribution in [1.29, 1.82) is 0 Å². The fourth-order valence-corrected chi connectivity index (χ4v) is 6.76. The van der Waals surface area contributed by atoms with Gasteiger partial charge in [0.15, 0.2) is 0 Å². The number of primary amides is 1. The van der Waals surface area contributed by atoms with Crippen molar-refractivity contribution in [3.8, 4) is 0 Å². The van der Waals surface area contributed by atoms with Crippen LogP contribution in [0.5, 0.6) is 0 Å². The Morgan fingerprint density at radius 2 is 1.72 bits per heavy atom. The lowest BCUT2D eigenvalue weighted by molar-refractivity contribution is -0.180. The number of carbonyl (C=O) groups is 1. The first-order valence-electron chi connectivity index (χ1n) is 12.9. The zero-order valence-electron chi connectivity index (χ0n) is 21.5. The van der Waals surface area contributed by atoms with Crippen LogP contribution in [0.25, 0.3) is 0 Å². The number of nitrogens with zero attached hydrogens (tertiary/aromatic N) is 3. The monoisotopic (exact) mass is 556 g/mol. The van der Waals surface area contributed by atoms with E-state index in [-0.39, 0.29) is 47.5 Å². The van der Waals surface area contributed by atoms with Crippen LogP contribution in [0.4, 0.5) is 32.0 Å². The molecule has 5 rings (SSSR count). The van der Waals surface area contributed by atoms with Gasteiger partial charge >= 0.3 is 6.18 Å². The lowest BCUT2D eigenvalue weighted by Crippen LogP contribution is -2.53. The van der Waals surface area contributed by atoms with E-state index in [0.29, 0.717) is 17.7 Å². The lowest BCUT2D eigenvalue weighted by atomic mass is 9.87. The Kier molecular flexibility index (Phi) is 6.76. The first kappa shape index (κ1) is 27.5. The summed E-state index contributed by atoms with van der Waals surface area (Å²) in [4.78, 5) is 29.7. The van der Waals surface area contributed by atoms with Gasteiger partial charge in [0.2, 0.25) is 0 Å². The molecule has 1 aliphatic heterocycles. The number of halogens is 6. The SMILES string of the molecule is C[C@H](c1cccc(C(F)F)c1F)N(c1cc(=O)n(C2(C(F)(F)F)CC2)cc1C(N)=O)C1C2CCC1CN(C)C2. The zero-order valence-corrected chi connectivity index (χ0v) is 21.5. The van der Waals surface area contributed by atoms with Gasteiger partial charge in [-0.25, -0.2) is 13.2 Å². The fraction of sp³-hybridized carbons (Fsp3) is 0.556. The van der Waals surface area contributed by atoms with Gasteiger partial charge in [-0.05, 0) is 51.5 Å². The van der Waals surface area contributed by atoms with Crippen LogP contribution in [0, 0.1) is 17.7 Å². The minimum absolute atomic E-state index is 0.0115. The average Bonchev–Trinajstić information content (AvgIpc) is 3.61. The van der Waals surface area contributed by atoms with Crippen LogP contribution in [0.15, 0.2) is 35.3 Å². The minimum atomic E-state index is -4.72. The number of nitrogens with two attached hydrogens (primary N) is 1. The normalized spacial score (nSPS) is 25.1. The third-order valence-corrected chi connectivity index (χ3v) is 8.74. The van der Waals surface area contributed by atoms with Gasteiger partial charge in [-0.1, -0.05) is 18.2 Å². The highest BCUT2D eigenvalue weighted by Gasteiger charge is 2.65. The Hall–Kier alpha value is -3.02. The van der Waals surface area contributed by atoms with Gasteiger partial charge in [0, 0.05) is 37.0 Å². The predicted molar refractivity (Wildman–Crippen MR) is 132 cm³/mol. The molecule has 0 spiro atoms. The molecule has 0 radical (unpaired) electrons. The van der Waals surface area contributed by atoms with E-state index < -0.39 is 47.0 Å². The van der Waals surface area contributed by atoms with Gasteiger partial charge in [-0.15, -0.1) is 0 Å². The van der Waals surface area contributed by atoms with Gasteiger partial charge in [0.1, 0.15) is 11.4 Å². The smallest absolute Gasteiger partial charge is 0.365 e. The zero-order chi connectivity index (χ0) is 28.4. The molecule has 2 N–H and O–H groups in total. The van der Waals surface area contributed by atoms with E-state index in [0.717, 1.165) is 31.2 Å². The molecule has 1 aromatic heterocycles. The number of carbonyl (C=O) groups excluding carboxylic acids is 1. The highest BCUT2D eigenvalue weighted by Crippen LogP contribution is 2.55. The maximum Gasteiger partial charge on any atom is 0.412 e. The summed E-state index contributed by atoms with van der Waals surface area (Å²) >= 11 is 0. The molecule has 212 valence electrons. The average molecular weight is 557 g/mol. The summed E-state index contributed by atoms with van der Waals surface area (Å²) in [5, 5.41) is 0. The molecule has 3 aliphatic rings. The van der Waals surface area contributed by atoms with Crippen molar-refractivity contribution in [3.05, 3.63) is 63.3 Å². The van der Waals surface area contributed by atoms with E-state index in [4.69, 9.17) is 5.73 Å². The maximum absolute atomic E-state index is 15.4. The topological polar surface area (TPSA) is 71.6 Å². The molecular weight excluding hydrogens is 526 g/mol. The third kappa shape index (κ3) is 4.50. The molecule has 39 heavy (non-hydrogen) atoms. The van der Waals surface area contributed by atoms with Crippen LogP contribution < -0.4 is 16.2 Å². The number of amides is 1. The van der Waals surface area contributed by atoms with Crippen LogP contribution in [-0.2, 0) is 5.54 Å². The molecule has 2 unspecified atom stereocenters. The number of fused-ring (bicyclic) bond motifs is 2. The van der Waals surface area contributed by atoms with E-state index in [1.165, 1.54) is 12.1 Å². The number of benzene rings is 1. The minimum Gasteiger partial charge on any atom is -0.365 e. The molecule has 2 bridgehead atoms. The Morgan fingerprint density at radius 3 is 2.23 bits per heavy atom. The number of hydrogen-bond acceptors (Lipinski definition) is 4. The van der Waals surface area contributed by atoms with E-state index in [2.05, 4.69) is 4.90 Å². The number of aromatic nitrogens is 1. The van der Waals surface area contributed by atoms with Crippen molar-refractivity contribution in [2.45, 2.75) is 62.8 Å². The number of rotatable bonds is 7. The number of likely N-dealkylation sites (tertiary alicyclic amines) is 1. The number of piperidine rings is 1. The van der Waals surface area contributed by atoms with Crippen LogP contribution >= 0.6 is 0 Å². The van der Waals surface area contributed by atoms with Gasteiger partial charge in [0.05, 0.1) is 22.9 Å². The van der Waals surface area contributed by atoms with Crippen LogP contribution in [-0.4, -0.2) is 47.7 Å². The maximum atomic E-state index is 15.4. The second kappa shape index (κ2) is 9.57. The van der Waals surface area contributed by atoms with Crippen molar-refractivity contribution in [2.24, 2.45) is 17.6 Å². The standard InChI is InChI=1S/C27H30F6N4O2/c1-14(17-4-3-5-18(22(17)28)24(29)30)37(23-15-6-7-16(23)12-35(2)11-15)20-10-21(38)36(13-19(20)25(34)39)26(8-9-26)27(31,32)33/h3-5,10,13-16,23-24H,6-9,11-12H2,1-2H3,(H2,34,39)/t14-,15?,16?,23?/m1/s1. The first-order chi connectivity index (χ1) is 18.3. The van der Waals surface area contributed by atoms with E-state index in [9.17, 15) is 31.5 Å². The number of anilines is 1.